The Labute approximate surface area is 191 Å². The molecule has 2 atom stereocenters. The minimum absolute atomic E-state index is 0.131. The van der Waals surface area contributed by atoms with Crippen molar-refractivity contribution in [3.63, 3.8) is 0 Å². The van der Waals surface area contributed by atoms with E-state index in [4.69, 9.17) is 4.74 Å². The average Bonchev–Trinajstić information content (AvgIpc) is 3.26. The van der Waals surface area contributed by atoms with Gasteiger partial charge in [-0.25, -0.2) is 0 Å². The predicted octanol–water partition coefficient (Wildman–Crippen LogP) is 4.81. The van der Waals surface area contributed by atoms with Crippen molar-refractivity contribution in [3.05, 3.63) is 57.8 Å². The van der Waals surface area contributed by atoms with Crippen LogP contribution in [0.3, 0.4) is 0 Å². The van der Waals surface area contributed by atoms with Gasteiger partial charge in [-0.15, -0.1) is 11.3 Å². The fraction of sp³-hybridized carbons (Fsp3) is 0.560. The fourth-order valence-electron chi connectivity index (χ4n) is 4.15. The van der Waals surface area contributed by atoms with Crippen molar-refractivity contribution in [2.45, 2.75) is 58.4 Å². The molecule has 2 N–H and O–H groups in total. The van der Waals surface area contributed by atoms with Gasteiger partial charge < -0.3 is 15.4 Å². The number of hydrogen-bond acceptors (Lipinski definition) is 4. The molecule has 2 heterocycles. The quantitative estimate of drug-likeness (QED) is 0.477. The van der Waals surface area contributed by atoms with Crippen molar-refractivity contribution in [1.29, 1.82) is 0 Å². The van der Waals surface area contributed by atoms with Crippen molar-refractivity contribution >= 4 is 17.3 Å². The minimum atomic E-state index is -0.131. The molecule has 6 heteroatoms. The molecule has 31 heavy (non-hydrogen) atoms. The van der Waals surface area contributed by atoms with Crippen LogP contribution in [-0.4, -0.2) is 43.6 Å². The van der Waals surface area contributed by atoms with Gasteiger partial charge in [-0.05, 0) is 75.7 Å². The zero-order valence-corrected chi connectivity index (χ0v) is 20.5. The maximum Gasteiger partial charge on any atom is 0.191 e. The van der Waals surface area contributed by atoms with Crippen molar-refractivity contribution < 1.29 is 4.74 Å². The van der Waals surface area contributed by atoms with Crippen LogP contribution in [0.4, 0.5) is 0 Å². The zero-order chi connectivity index (χ0) is 22.3. The predicted molar refractivity (Wildman–Crippen MR) is 132 cm³/mol. The smallest absolute Gasteiger partial charge is 0.191 e. The van der Waals surface area contributed by atoms with E-state index in [1.165, 1.54) is 35.4 Å². The summed E-state index contributed by atoms with van der Waals surface area (Å²) in [5.74, 6) is 1.43. The molecular weight excluding hydrogens is 404 g/mol. The van der Waals surface area contributed by atoms with Crippen LogP contribution in [0.1, 0.15) is 55.7 Å². The normalized spacial score (nSPS) is 20.6. The van der Waals surface area contributed by atoms with E-state index in [-0.39, 0.29) is 5.60 Å². The number of aliphatic imine (C=N–C) groups is 1. The summed E-state index contributed by atoms with van der Waals surface area (Å²) in [5, 5.41) is 9.23. The van der Waals surface area contributed by atoms with Crippen LogP contribution in [0, 0.1) is 5.92 Å². The van der Waals surface area contributed by atoms with E-state index in [1.54, 1.807) is 0 Å². The van der Waals surface area contributed by atoms with E-state index in [0.717, 1.165) is 19.0 Å². The highest BCUT2D eigenvalue weighted by atomic mass is 32.1. The summed E-state index contributed by atoms with van der Waals surface area (Å²) in [6.07, 6.45) is 2.49. The molecule has 1 saturated heterocycles. The van der Waals surface area contributed by atoms with E-state index < -0.39 is 0 Å². The molecule has 1 aromatic carbocycles. The zero-order valence-electron chi connectivity index (χ0n) is 19.6. The maximum absolute atomic E-state index is 5.91. The SMILES string of the molecule is CN=C(NCc1cccc(COC(C)(C)C)c1)NCC1CCCN(C)C1c1cccs1. The summed E-state index contributed by atoms with van der Waals surface area (Å²) in [5.41, 5.74) is 2.29. The Morgan fingerprint density at radius 2 is 2.00 bits per heavy atom. The Hall–Kier alpha value is -1.89. The van der Waals surface area contributed by atoms with E-state index in [0.29, 0.717) is 18.6 Å². The van der Waals surface area contributed by atoms with Crippen molar-refractivity contribution in [2.24, 2.45) is 10.9 Å². The van der Waals surface area contributed by atoms with Gasteiger partial charge in [0.25, 0.3) is 0 Å². The van der Waals surface area contributed by atoms with Gasteiger partial charge in [-0.2, -0.15) is 0 Å². The van der Waals surface area contributed by atoms with Crippen molar-refractivity contribution in [2.75, 3.05) is 27.2 Å². The number of piperidine rings is 1. The number of thiophene rings is 1. The number of rotatable bonds is 7. The largest absolute Gasteiger partial charge is 0.371 e. The van der Waals surface area contributed by atoms with E-state index >= 15 is 0 Å². The molecular formula is C25H38N4OS. The van der Waals surface area contributed by atoms with Gasteiger partial charge in [-0.1, -0.05) is 30.3 Å². The molecule has 0 radical (unpaired) electrons. The standard InChI is InChI=1S/C25H38N4OS/c1-25(2,3)30-18-20-10-6-9-19(15-20)16-27-24(26-4)28-17-21-11-7-13-29(5)23(21)22-12-8-14-31-22/h6,8-10,12,14-15,21,23H,7,11,13,16-18H2,1-5H3,(H2,26,27,28). The first kappa shape index (κ1) is 23.8. The van der Waals surface area contributed by atoms with Crippen molar-refractivity contribution in [3.8, 4) is 0 Å². The Balaban J connectivity index is 1.53. The summed E-state index contributed by atoms with van der Waals surface area (Å²) < 4.78 is 5.91. The number of likely N-dealkylation sites (tertiary alicyclic amines) is 1. The van der Waals surface area contributed by atoms with Gasteiger partial charge in [0, 0.05) is 31.1 Å². The molecule has 0 amide bonds. The fourth-order valence-corrected chi connectivity index (χ4v) is 5.13. The lowest BCUT2D eigenvalue weighted by Gasteiger charge is -2.39. The third kappa shape index (κ3) is 7.34. The molecule has 0 aliphatic carbocycles. The topological polar surface area (TPSA) is 48.9 Å². The highest BCUT2D eigenvalue weighted by Crippen LogP contribution is 2.36. The number of benzene rings is 1. The first-order valence-corrected chi connectivity index (χ1v) is 12.1. The summed E-state index contributed by atoms with van der Waals surface area (Å²) in [6.45, 7) is 9.71. The van der Waals surface area contributed by atoms with E-state index in [9.17, 15) is 0 Å². The Morgan fingerprint density at radius 3 is 2.71 bits per heavy atom. The van der Waals surface area contributed by atoms with Gasteiger partial charge in [0.05, 0.1) is 12.2 Å². The first-order valence-electron chi connectivity index (χ1n) is 11.3. The maximum atomic E-state index is 5.91. The molecule has 0 saturated carbocycles. The molecule has 1 fully saturated rings. The summed E-state index contributed by atoms with van der Waals surface area (Å²) in [6, 6.07) is 13.5. The molecule has 5 nitrogen and oxygen atoms in total. The molecule has 0 bridgehead atoms. The van der Waals surface area contributed by atoms with Crippen LogP contribution in [0.25, 0.3) is 0 Å². The second kappa shape index (κ2) is 11.1. The molecule has 2 unspecified atom stereocenters. The first-order chi connectivity index (χ1) is 14.9. The van der Waals surface area contributed by atoms with E-state index in [2.05, 4.69) is 90.1 Å². The lowest BCUT2D eigenvalue weighted by molar-refractivity contribution is -0.0149. The Morgan fingerprint density at radius 1 is 1.19 bits per heavy atom. The minimum Gasteiger partial charge on any atom is -0.371 e. The molecule has 1 aliphatic rings. The van der Waals surface area contributed by atoms with Gasteiger partial charge >= 0.3 is 0 Å². The molecule has 170 valence electrons. The van der Waals surface area contributed by atoms with Gasteiger partial charge in [-0.3, -0.25) is 9.89 Å². The van der Waals surface area contributed by atoms with Crippen LogP contribution >= 0.6 is 11.3 Å². The molecule has 3 rings (SSSR count). The second-order valence-electron chi connectivity index (χ2n) is 9.37. The van der Waals surface area contributed by atoms with Gasteiger partial charge in [0.2, 0.25) is 0 Å². The highest BCUT2D eigenvalue weighted by Gasteiger charge is 2.31. The monoisotopic (exact) mass is 442 g/mol. The summed E-state index contributed by atoms with van der Waals surface area (Å²) in [7, 11) is 4.09. The van der Waals surface area contributed by atoms with Gasteiger partial charge in [0.1, 0.15) is 0 Å². The van der Waals surface area contributed by atoms with Gasteiger partial charge in [0.15, 0.2) is 5.96 Å². The number of ether oxygens (including phenoxy) is 1. The summed E-state index contributed by atoms with van der Waals surface area (Å²) >= 11 is 1.87. The van der Waals surface area contributed by atoms with Crippen molar-refractivity contribution in [1.82, 2.24) is 15.5 Å². The van der Waals surface area contributed by atoms with Crippen LogP contribution in [-0.2, 0) is 17.9 Å². The lowest BCUT2D eigenvalue weighted by Crippen LogP contribution is -2.44. The Kier molecular flexibility index (Phi) is 8.52. The molecule has 1 aliphatic heterocycles. The lowest BCUT2D eigenvalue weighted by atomic mass is 9.88. The Bertz CT molecular complexity index is 828. The number of guanidine groups is 1. The second-order valence-corrected chi connectivity index (χ2v) is 10.4. The number of nitrogens with zero attached hydrogens (tertiary/aromatic N) is 2. The molecule has 0 spiro atoms. The molecule has 2 aromatic rings. The number of nitrogens with one attached hydrogen (secondary N) is 2. The van der Waals surface area contributed by atoms with Crippen LogP contribution in [0.2, 0.25) is 0 Å². The van der Waals surface area contributed by atoms with Crippen LogP contribution in [0.5, 0.6) is 0 Å². The van der Waals surface area contributed by atoms with Crippen LogP contribution < -0.4 is 10.6 Å². The molecule has 1 aromatic heterocycles. The third-order valence-corrected chi connectivity index (χ3v) is 6.66. The summed E-state index contributed by atoms with van der Waals surface area (Å²) in [4.78, 5) is 8.41. The third-order valence-electron chi connectivity index (χ3n) is 5.72. The highest BCUT2D eigenvalue weighted by molar-refractivity contribution is 7.10. The average molecular weight is 443 g/mol. The van der Waals surface area contributed by atoms with E-state index in [1.807, 2.05) is 18.4 Å². The number of hydrogen-bond donors (Lipinski definition) is 2. The van der Waals surface area contributed by atoms with Crippen LogP contribution in [0.15, 0.2) is 46.8 Å².